The van der Waals surface area contributed by atoms with Crippen molar-refractivity contribution in [3.05, 3.63) is 192 Å². The Hall–Kier alpha value is -7.56. The minimum absolute atomic E-state index is 0.799. The normalized spacial score (nSPS) is 12.4. The molecule has 12 rings (SSSR count). The average molecular weight is 731 g/mol. The Kier molecular flexibility index (Phi) is 6.96. The van der Waals surface area contributed by atoms with Crippen molar-refractivity contribution in [3.63, 3.8) is 0 Å². The molecule has 268 valence electrons. The van der Waals surface area contributed by atoms with Gasteiger partial charge in [-0.15, -0.1) is 0 Å². The minimum Gasteiger partial charge on any atom is -0.454 e. The van der Waals surface area contributed by atoms with E-state index in [4.69, 9.17) is 8.83 Å². The van der Waals surface area contributed by atoms with E-state index < -0.39 is 0 Å². The SMILES string of the molecule is C1=c2c(N(c3ccccc3)c3cccc4c3oc3ccccc34)ccc3ccc4c(N(c5ccccc5)c5cccc6c5oc5ccccc56)ccc(c4c23)=CC1. The van der Waals surface area contributed by atoms with Crippen LogP contribution in [0.2, 0.25) is 0 Å². The van der Waals surface area contributed by atoms with Crippen LogP contribution in [0.3, 0.4) is 0 Å². The molecule has 0 fully saturated rings. The Bertz CT molecular complexity index is 3510. The van der Waals surface area contributed by atoms with Gasteiger partial charge < -0.3 is 18.6 Å². The number of anilines is 6. The van der Waals surface area contributed by atoms with Crippen LogP contribution in [0.25, 0.3) is 77.6 Å². The number of hydrogen-bond donors (Lipinski definition) is 0. The molecule has 0 saturated heterocycles. The topological polar surface area (TPSA) is 32.8 Å². The molecule has 9 aromatic carbocycles. The molecule has 11 aromatic rings. The van der Waals surface area contributed by atoms with Crippen molar-refractivity contribution in [1.29, 1.82) is 0 Å². The fraction of sp³-hybridized carbons (Fsp3) is 0.0189. The van der Waals surface area contributed by atoms with Gasteiger partial charge in [0.25, 0.3) is 0 Å². The second kappa shape index (κ2) is 12.5. The van der Waals surface area contributed by atoms with Gasteiger partial charge in [-0.3, -0.25) is 0 Å². The molecule has 2 heterocycles. The van der Waals surface area contributed by atoms with Crippen LogP contribution in [0, 0.1) is 0 Å². The lowest BCUT2D eigenvalue weighted by Gasteiger charge is -2.28. The van der Waals surface area contributed by atoms with Gasteiger partial charge in [-0.1, -0.05) is 133 Å². The third kappa shape index (κ3) is 4.81. The third-order valence-corrected chi connectivity index (χ3v) is 11.6. The first-order valence-corrected chi connectivity index (χ1v) is 19.5. The zero-order valence-corrected chi connectivity index (χ0v) is 30.9. The lowest BCUT2D eigenvalue weighted by molar-refractivity contribution is 0.668. The molecule has 0 N–H and O–H groups in total. The van der Waals surface area contributed by atoms with E-state index in [2.05, 4.69) is 192 Å². The molecule has 2 aromatic heterocycles. The van der Waals surface area contributed by atoms with Crippen LogP contribution in [0.5, 0.6) is 0 Å². The summed E-state index contributed by atoms with van der Waals surface area (Å²) in [6.07, 6.45) is 5.57. The molecule has 0 unspecified atom stereocenters. The van der Waals surface area contributed by atoms with E-state index in [1.165, 1.54) is 32.0 Å². The van der Waals surface area contributed by atoms with Crippen LogP contribution in [-0.2, 0) is 0 Å². The standard InChI is InChI=1S/C53H34N2O2/c1-3-15-36(16-4-1)54(46-24-12-21-40-38-19-7-9-26-48(38)56-52(40)46)44-33-30-35-28-31-43-45(32-29-34-14-11-23-42(44)51(35)50(34)43)55(37-17-5-2-6-18-37)47-25-13-22-41-39-20-8-10-27-49(39)57-53(41)47/h1-10,12-33H,11H2. The molecule has 1 aliphatic carbocycles. The van der Waals surface area contributed by atoms with Gasteiger partial charge in [-0.05, 0) is 88.5 Å². The van der Waals surface area contributed by atoms with Crippen LogP contribution in [0.1, 0.15) is 6.42 Å². The van der Waals surface area contributed by atoms with Gasteiger partial charge in [-0.25, -0.2) is 0 Å². The number of benzene rings is 9. The molecule has 1 aliphatic rings. The van der Waals surface area contributed by atoms with Gasteiger partial charge >= 0.3 is 0 Å². The molecular formula is C53H34N2O2. The summed E-state index contributed by atoms with van der Waals surface area (Å²) in [5.41, 5.74) is 9.83. The summed E-state index contributed by atoms with van der Waals surface area (Å²) in [6.45, 7) is 0. The van der Waals surface area contributed by atoms with Crippen molar-refractivity contribution in [2.75, 3.05) is 9.80 Å². The van der Waals surface area contributed by atoms with Gasteiger partial charge in [-0.2, -0.15) is 0 Å². The Morgan fingerprint density at radius 1 is 0.351 bits per heavy atom. The largest absolute Gasteiger partial charge is 0.454 e. The van der Waals surface area contributed by atoms with Crippen molar-refractivity contribution in [2.24, 2.45) is 0 Å². The fourth-order valence-electron chi connectivity index (χ4n) is 9.15. The first-order valence-electron chi connectivity index (χ1n) is 19.5. The summed E-state index contributed by atoms with van der Waals surface area (Å²) in [6, 6.07) is 64.6. The highest BCUT2D eigenvalue weighted by Crippen LogP contribution is 2.46. The number of fused-ring (bicyclic) bond motifs is 6. The molecule has 0 aliphatic heterocycles. The van der Waals surface area contributed by atoms with E-state index in [1.807, 2.05) is 12.1 Å². The zero-order valence-electron chi connectivity index (χ0n) is 30.9. The zero-order chi connectivity index (χ0) is 37.5. The van der Waals surface area contributed by atoms with Crippen molar-refractivity contribution < 1.29 is 8.83 Å². The van der Waals surface area contributed by atoms with E-state index in [9.17, 15) is 0 Å². The molecule has 57 heavy (non-hydrogen) atoms. The van der Waals surface area contributed by atoms with Crippen LogP contribution in [0.4, 0.5) is 34.1 Å². The summed E-state index contributed by atoms with van der Waals surface area (Å²) < 4.78 is 13.4. The van der Waals surface area contributed by atoms with E-state index in [-0.39, 0.29) is 0 Å². The Morgan fingerprint density at radius 3 is 1.51 bits per heavy atom. The number of para-hydroxylation sites is 6. The summed E-state index contributed by atoms with van der Waals surface area (Å²) in [4.78, 5) is 4.74. The number of hydrogen-bond acceptors (Lipinski definition) is 4. The molecule has 0 radical (unpaired) electrons. The highest BCUT2D eigenvalue weighted by atomic mass is 16.3. The Morgan fingerprint density at radius 2 is 0.877 bits per heavy atom. The van der Waals surface area contributed by atoms with Crippen molar-refractivity contribution in [3.8, 4) is 0 Å². The molecule has 4 nitrogen and oxygen atoms in total. The molecular weight excluding hydrogens is 697 g/mol. The average Bonchev–Trinajstić information content (AvgIpc) is 3.78. The van der Waals surface area contributed by atoms with Crippen molar-refractivity contribution >= 4 is 112 Å². The van der Waals surface area contributed by atoms with Crippen LogP contribution in [0.15, 0.2) is 191 Å². The molecule has 4 heteroatoms. The summed E-state index contributed by atoms with van der Waals surface area (Å²) in [5, 5.41) is 11.7. The maximum absolute atomic E-state index is 6.68. The molecule has 0 amide bonds. The number of nitrogens with zero attached hydrogens (tertiary/aromatic N) is 2. The van der Waals surface area contributed by atoms with Gasteiger partial charge in [0.05, 0.1) is 22.7 Å². The van der Waals surface area contributed by atoms with Gasteiger partial charge in [0.15, 0.2) is 11.2 Å². The van der Waals surface area contributed by atoms with Crippen molar-refractivity contribution in [1.82, 2.24) is 0 Å². The maximum Gasteiger partial charge on any atom is 0.159 e. The predicted octanol–water partition coefficient (Wildman–Crippen LogP) is 13.7. The van der Waals surface area contributed by atoms with Crippen LogP contribution < -0.4 is 20.2 Å². The quantitative estimate of drug-likeness (QED) is 0.160. The van der Waals surface area contributed by atoms with Gasteiger partial charge in [0.1, 0.15) is 11.2 Å². The van der Waals surface area contributed by atoms with E-state index in [1.54, 1.807) is 0 Å². The highest BCUT2D eigenvalue weighted by Gasteiger charge is 2.24. The summed E-state index contributed by atoms with van der Waals surface area (Å²) in [7, 11) is 0. The second-order valence-corrected chi connectivity index (χ2v) is 14.7. The second-order valence-electron chi connectivity index (χ2n) is 14.7. The maximum atomic E-state index is 6.68. The van der Waals surface area contributed by atoms with E-state index in [0.717, 1.165) is 84.4 Å². The molecule has 0 atom stereocenters. The van der Waals surface area contributed by atoms with Crippen molar-refractivity contribution in [2.45, 2.75) is 6.42 Å². The molecule has 0 saturated carbocycles. The van der Waals surface area contributed by atoms with E-state index in [0.29, 0.717) is 0 Å². The Balaban J connectivity index is 1.15. The molecule has 0 spiro atoms. The predicted molar refractivity (Wildman–Crippen MR) is 238 cm³/mol. The molecule has 0 bridgehead atoms. The summed E-state index contributed by atoms with van der Waals surface area (Å²) >= 11 is 0. The van der Waals surface area contributed by atoms with Gasteiger partial charge in [0.2, 0.25) is 0 Å². The lowest BCUT2D eigenvalue weighted by atomic mass is 9.96. The monoisotopic (exact) mass is 730 g/mol. The third-order valence-electron chi connectivity index (χ3n) is 11.6. The summed E-state index contributed by atoms with van der Waals surface area (Å²) in [5.74, 6) is 0. The lowest BCUT2D eigenvalue weighted by Crippen LogP contribution is -2.20. The smallest absolute Gasteiger partial charge is 0.159 e. The fourth-order valence-corrected chi connectivity index (χ4v) is 9.15. The first kappa shape index (κ1) is 31.8. The van der Waals surface area contributed by atoms with Gasteiger partial charge in [0, 0.05) is 43.5 Å². The van der Waals surface area contributed by atoms with Crippen LogP contribution in [-0.4, -0.2) is 0 Å². The van der Waals surface area contributed by atoms with Crippen LogP contribution >= 0.6 is 0 Å². The first-order chi connectivity index (χ1) is 28.3. The highest BCUT2D eigenvalue weighted by molar-refractivity contribution is 6.17. The minimum atomic E-state index is 0.799. The number of rotatable bonds is 6. The van der Waals surface area contributed by atoms with E-state index >= 15 is 0 Å². The number of furan rings is 2. The Labute approximate surface area is 328 Å².